The Hall–Kier alpha value is -3.46. The lowest BCUT2D eigenvalue weighted by Crippen LogP contribution is -2.31. The number of rotatable bonds is 3. The highest BCUT2D eigenvalue weighted by molar-refractivity contribution is 6.56. The summed E-state index contributed by atoms with van der Waals surface area (Å²) >= 11 is 0. The molecule has 0 spiro atoms. The standard InChI is InChI=1S/C26H23NO2/c1-26(2,3)20-14-16-21(17-15-20)27-24(28)22(18-10-6-4-7-11-18)23(25(27)29)19-12-8-5-9-13-19/h4-17H,1-3H3. The zero-order valence-electron chi connectivity index (χ0n) is 16.8. The van der Waals surface area contributed by atoms with Gasteiger partial charge < -0.3 is 0 Å². The lowest BCUT2D eigenvalue weighted by molar-refractivity contribution is -0.119. The molecule has 1 aliphatic rings. The van der Waals surface area contributed by atoms with E-state index in [2.05, 4.69) is 20.8 Å². The molecule has 144 valence electrons. The van der Waals surface area contributed by atoms with Gasteiger partial charge in [0.15, 0.2) is 0 Å². The topological polar surface area (TPSA) is 37.4 Å². The van der Waals surface area contributed by atoms with Crippen molar-refractivity contribution in [3.05, 3.63) is 102 Å². The van der Waals surface area contributed by atoms with Crippen molar-refractivity contribution < 1.29 is 9.59 Å². The fraction of sp³-hybridized carbons (Fsp3) is 0.154. The predicted molar refractivity (Wildman–Crippen MR) is 117 cm³/mol. The maximum Gasteiger partial charge on any atom is 0.266 e. The Bertz CT molecular complexity index is 1030. The van der Waals surface area contributed by atoms with Crippen LogP contribution in [0.3, 0.4) is 0 Å². The highest BCUT2D eigenvalue weighted by Crippen LogP contribution is 2.38. The highest BCUT2D eigenvalue weighted by atomic mass is 16.2. The van der Waals surface area contributed by atoms with Gasteiger partial charge in [0.25, 0.3) is 11.8 Å². The van der Waals surface area contributed by atoms with E-state index >= 15 is 0 Å². The van der Waals surface area contributed by atoms with Gasteiger partial charge in [-0.2, -0.15) is 0 Å². The normalized spacial score (nSPS) is 14.7. The quantitative estimate of drug-likeness (QED) is 0.564. The summed E-state index contributed by atoms with van der Waals surface area (Å²) in [6.45, 7) is 6.41. The van der Waals surface area contributed by atoms with E-state index in [0.717, 1.165) is 16.7 Å². The number of benzene rings is 3. The summed E-state index contributed by atoms with van der Waals surface area (Å²) in [6, 6.07) is 26.5. The van der Waals surface area contributed by atoms with Crippen molar-refractivity contribution in [3.8, 4) is 0 Å². The number of hydrogen-bond donors (Lipinski definition) is 0. The summed E-state index contributed by atoms with van der Waals surface area (Å²) in [7, 11) is 0. The van der Waals surface area contributed by atoms with Gasteiger partial charge in [-0.25, -0.2) is 4.90 Å². The molecule has 0 aliphatic carbocycles. The van der Waals surface area contributed by atoms with E-state index in [-0.39, 0.29) is 17.2 Å². The van der Waals surface area contributed by atoms with Gasteiger partial charge in [0.1, 0.15) is 0 Å². The third-order valence-corrected chi connectivity index (χ3v) is 5.20. The number of amides is 2. The second-order valence-electron chi connectivity index (χ2n) is 8.22. The van der Waals surface area contributed by atoms with E-state index in [1.165, 1.54) is 4.90 Å². The minimum atomic E-state index is -0.288. The van der Waals surface area contributed by atoms with Gasteiger partial charge in [-0.1, -0.05) is 93.6 Å². The molecule has 0 N–H and O–H groups in total. The second-order valence-corrected chi connectivity index (χ2v) is 8.22. The molecule has 1 heterocycles. The van der Waals surface area contributed by atoms with Crippen molar-refractivity contribution in [1.29, 1.82) is 0 Å². The van der Waals surface area contributed by atoms with Crippen molar-refractivity contribution >= 4 is 28.6 Å². The third kappa shape index (κ3) is 3.40. The van der Waals surface area contributed by atoms with Crippen LogP contribution in [0.25, 0.3) is 11.1 Å². The smallest absolute Gasteiger partial charge is 0.266 e. The molecule has 1 aliphatic heterocycles. The van der Waals surface area contributed by atoms with Crippen LogP contribution in [0.2, 0.25) is 0 Å². The van der Waals surface area contributed by atoms with Crippen LogP contribution in [0.1, 0.15) is 37.5 Å². The van der Waals surface area contributed by atoms with Crippen LogP contribution in [0.5, 0.6) is 0 Å². The van der Waals surface area contributed by atoms with Gasteiger partial charge in [-0.3, -0.25) is 9.59 Å². The van der Waals surface area contributed by atoms with Crippen LogP contribution in [0, 0.1) is 0 Å². The van der Waals surface area contributed by atoms with Crippen LogP contribution in [-0.2, 0) is 15.0 Å². The van der Waals surface area contributed by atoms with E-state index in [0.29, 0.717) is 16.8 Å². The van der Waals surface area contributed by atoms with Gasteiger partial charge >= 0.3 is 0 Å². The molecule has 0 saturated carbocycles. The Kier molecular flexibility index (Phi) is 4.67. The number of hydrogen-bond acceptors (Lipinski definition) is 2. The molecule has 4 rings (SSSR count). The third-order valence-electron chi connectivity index (χ3n) is 5.20. The lowest BCUT2D eigenvalue weighted by atomic mass is 9.87. The lowest BCUT2D eigenvalue weighted by Gasteiger charge is -2.21. The highest BCUT2D eigenvalue weighted by Gasteiger charge is 2.40. The van der Waals surface area contributed by atoms with E-state index in [4.69, 9.17) is 0 Å². The van der Waals surface area contributed by atoms with E-state index in [1.54, 1.807) is 0 Å². The number of carbonyl (C=O) groups is 2. The Balaban J connectivity index is 1.83. The average molecular weight is 381 g/mol. The maximum atomic E-state index is 13.4. The molecule has 2 amide bonds. The van der Waals surface area contributed by atoms with Crippen LogP contribution in [0.15, 0.2) is 84.9 Å². The zero-order valence-corrected chi connectivity index (χ0v) is 16.8. The van der Waals surface area contributed by atoms with Gasteiger partial charge in [-0.05, 0) is 34.2 Å². The summed E-state index contributed by atoms with van der Waals surface area (Å²) in [5, 5.41) is 0. The molecule has 0 atom stereocenters. The van der Waals surface area contributed by atoms with E-state index < -0.39 is 0 Å². The fourth-order valence-electron chi connectivity index (χ4n) is 3.62. The Morgan fingerprint density at radius 1 is 0.586 bits per heavy atom. The molecule has 0 unspecified atom stereocenters. The van der Waals surface area contributed by atoms with Crippen molar-refractivity contribution in [1.82, 2.24) is 0 Å². The molecular weight excluding hydrogens is 358 g/mol. The average Bonchev–Trinajstić information content (AvgIpc) is 2.99. The summed E-state index contributed by atoms with van der Waals surface area (Å²) < 4.78 is 0. The number of nitrogens with zero attached hydrogens (tertiary/aromatic N) is 1. The number of anilines is 1. The van der Waals surface area contributed by atoms with E-state index in [9.17, 15) is 9.59 Å². The Labute approximate surface area is 171 Å². The SMILES string of the molecule is CC(C)(C)c1ccc(N2C(=O)C(c3ccccc3)=C(c3ccccc3)C2=O)cc1. The molecule has 3 heteroatoms. The molecular formula is C26H23NO2. The van der Waals surface area contributed by atoms with Crippen LogP contribution >= 0.6 is 0 Å². The summed E-state index contributed by atoms with van der Waals surface area (Å²) in [4.78, 5) is 28.1. The Morgan fingerprint density at radius 2 is 1.00 bits per heavy atom. The van der Waals surface area contributed by atoms with Crippen molar-refractivity contribution in [3.63, 3.8) is 0 Å². The first kappa shape index (κ1) is 18.9. The molecule has 29 heavy (non-hydrogen) atoms. The summed E-state index contributed by atoms with van der Waals surface area (Å²) in [5.74, 6) is -0.577. The van der Waals surface area contributed by atoms with Crippen LogP contribution < -0.4 is 4.90 Å². The first-order chi connectivity index (χ1) is 13.9. The number of imide groups is 1. The van der Waals surface area contributed by atoms with Crippen LogP contribution in [0.4, 0.5) is 5.69 Å². The Morgan fingerprint density at radius 3 is 1.38 bits per heavy atom. The van der Waals surface area contributed by atoms with E-state index in [1.807, 2.05) is 84.9 Å². The predicted octanol–water partition coefficient (Wildman–Crippen LogP) is 5.47. The molecule has 0 radical (unpaired) electrons. The van der Waals surface area contributed by atoms with Crippen molar-refractivity contribution in [2.45, 2.75) is 26.2 Å². The zero-order chi connectivity index (χ0) is 20.6. The van der Waals surface area contributed by atoms with Crippen molar-refractivity contribution in [2.24, 2.45) is 0 Å². The van der Waals surface area contributed by atoms with Gasteiger partial charge in [-0.15, -0.1) is 0 Å². The molecule has 3 nitrogen and oxygen atoms in total. The fourth-order valence-corrected chi connectivity index (χ4v) is 3.62. The first-order valence-electron chi connectivity index (χ1n) is 9.72. The minimum Gasteiger partial charge on any atom is -0.268 e. The largest absolute Gasteiger partial charge is 0.268 e. The monoisotopic (exact) mass is 381 g/mol. The molecule has 0 fully saturated rings. The summed E-state index contributed by atoms with van der Waals surface area (Å²) in [5.41, 5.74) is 4.13. The van der Waals surface area contributed by atoms with Crippen LogP contribution in [-0.4, -0.2) is 11.8 Å². The van der Waals surface area contributed by atoms with Gasteiger partial charge in [0.05, 0.1) is 16.8 Å². The first-order valence-corrected chi connectivity index (χ1v) is 9.72. The van der Waals surface area contributed by atoms with Crippen molar-refractivity contribution in [2.75, 3.05) is 4.90 Å². The molecule has 0 bridgehead atoms. The molecule has 0 saturated heterocycles. The number of carbonyl (C=O) groups excluding carboxylic acids is 2. The molecule has 3 aromatic rings. The second kappa shape index (κ2) is 7.17. The summed E-state index contributed by atoms with van der Waals surface area (Å²) in [6.07, 6.45) is 0. The van der Waals surface area contributed by atoms with Gasteiger partial charge in [0.2, 0.25) is 0 Å². The maximum absolute atomic E-state index is 13.4. The molecule has 0 aromatic heterocycles. The molecule has 3 aromatic carbocycles. The minimum absolute atomic E-state index is 0.000203. The van der Waals surface area contributed by atoms with Gasteiger partial charge in [0, 0.05) is 0 Å².